The molecule has 1 heterocycles. The van der Waals surface area contributed by atoms with Gasteiger partial charge in [-0.1, -0.05) is 6.92 Å². The zero-order valence-corrected chi connectivity index (χ0v) is 11.6. The molecule has 0 aromatic heterocycles. The van der Waals surface area contributed by atoms with E-state index in [1.807, 2.05) is 13.0 Å². The lowest BCUT2D eigenvalue weighted by Gasteiger charge is -2.32. The third kappa shape index (κ3) is 3.49. The number of amides is 1. The summed E-state index contributed by atoms with van der Waals surface area (Å²) in [6.07, 6.45) is 1.70. The number of nitrogens with one attached hydrogen (secondary N) is 2. The molecule has 1 aliphatic rings. The Morgan fingerprint density at radius 1 is 1.40 bits per heavy atom. The van der Waals surface area contributed by atoms with Crippen molar-refractivity contribution in [3.8, 4) is 11.8 Å². The van der Waals surface area contributed by atoms with Crippen LogP contribution in [-0.4, -0.2) is 25.6 Å². The Bertz CT molecular complexity index is 499. The lowest BCUT2D eigenvalue weighted by Crippen LogP contribution is -2.42. The Morgan fingerprint density at radius 3 is 2.65 bits per heavy atom. The molecule has 0 atom stereocenters. The summed E-state index contributed by atoms with van der Waals surface area (Å²) in [5.41, 5.74) is 0.445. The zero-order valence-electron chi connectivity index (χ0n) is 11.6. The SMILES string of the molecule is CC1(C(=O)Nc2ccc(OCC#N)cc2)CCNCC1. The summed E-state index contributed by atoms with van der Waals surface area (Å²) in [5.74, 6) is 0.683. The highest BCUT2D eigenvalue weighted by atomic mass is 16.5. The van der Waals surface area contributed by atoms with Gasteiger partial charge in [-0.25, -0.2) is 0 Å². The Hall–Kier alpha value is -2.06. The molecule has 20 heavy (non-hydrogen) atoms. The molecular weight excluding hydrogens is 254 g/mol. The summed E-state index contributed by atoms with van der Waals surface area (Å²) in [7, 11) is 0. The molecule has 0 bridgehead atoms. The Kier molecular flexibility index (Phi) is 4.59. The van der Waals surface area contributed by atoms with Crippen LogP contribution in [0.1, 0.15) is 19.8 Å². The average molecular weight is 273 g/mol. The van der Waals surface area contributed by atoms with E-state index in [-0.39, 0.29) is 17.9 Å². The number of carbonyl (C=O) groups excluding carboxylic acids is 1. The van der Waals surface area contributed by atoms with Gasteiger partial charge in [-0.05, 0) is 50.2 Å². The van der Waals surface area contributed by atoms with Gasteiger partial charge in [0.15, 0.2) is 6.61 Å². The fourth-order valence-corrected chi connectivity index (χ4v) is 2.24. The highest BCUT2D eigenvalue weighted by Crippen LogP contribution is 2.29. The standard InChI is InChI=1S/C15H19N3O2/c1-15(6-9-17-10-7-15)14(19)18-12-2-4-13(5-3-12)20-11-8-16/h2-5,17H,6-7,9-11H2,1H3,(H,18,19). The molecule has 2 N–H and O–H groups in total. The van der Waals surface area contributed by atoms with Gasteiger partial charge in [-0.2, -0.15) is 5.26 Å². The van der Waals surface area contributed by atoms with Crippen molar-refractivity contribution in [3.63, 3.8) is 0 Å². The van der Waals surface area contributed by atoms with Gasteiger partial charge in [0.05, 0.1) is 0 Å². The van der Waals surface area contributed by atoms with E-state index in [2.05, 4.69) is 10.6 Å². The largest absolute Gasteiger partial charge is 0.479 e. The molecule has 1 aromatic carbocycles. The van der Waals surface area contributed by atoms with E-state index in [9.17, 15) is 4.79 Å². The van der Waals surface area contributed by atoms with Crippen molar-refractivity contribution in [2.75, 3.05) is 25.0 Å². The molecule has 1 fully saturated rings. The van der Waals surface area contributed by atoms with Crippen molar-refractivity contribution >= 4 is 11.6 Å². The number of ether oxygens (including phenoxy) is 1. The summed E-state index contributed by atoms with van der Waals surface area (Å²) >= 11 is 0. The van der Waals surface area contributed by atoms with E-state index in [1.54, 1.807) is 24.3 Å². The summed E-state index contributed by atoms with van der Waals surface area (Å²) in [4.78, 5) is 12.3. The first kappa shape index (κ1) is 14.4. The predicted octanol–water partition coefficient (Wildman–Crippen LogP) is 1.92. The van der Waals surface area contributed by atoms with Crippen LogP contribution in [0.15, 0.2) is 24.3 Å². The summed E-state index contributed by atoms with van der Waals surface area (Å²) in [6, 6.07) is 8.98. The molecule has 0 spiro atoms. The second kappa shape index (κ2) is 6.40. The lowest BCUT2D eigenvalue weighted by atomic mass is 9.80. The second-order valence-electron chi connectivity index (χ2n) is 5.24. The van der Waals surface area contributed by atoms with Crippen LogP contribution >= 0.6 is 0 Å². The third-order valence-corrected chi connectivity index (χ3v) is 3.67. The van der Waals surface area contributed by atoms with Crippen LogP contribution in [0.2, 0.25) is 0 Å². The molecule has 1 amide bonds. The van der Waals surface area contributed by atoms with Gasteiger partial charge in [0.25, 0.3) is 0 Å². The van der Waals surface area contributed by atoms with E-state index >= 15 is 0 Å². The third-order valence-electron chi connectivity index (χ3n) is 3.67. The molecule has 0 radical (unpaired) electrons. The van der Waals surface area contributed by atoms with Crippen LogP contribution in [0.3, 0.4) is 0 Å². The number of anilines is 1. The van der Waals surface area contributed by atoms with Crippen LogP contribution in [0.25, 0.3) is 0 Å². The van der Waals surface area contributed by atoms with Crippen molar-refractivity contribution in [2.24, 2.45) is 5.41 Å². The van der Waals surface area contributed by atoms with Gasteiger partial charge in [-0.15, -0.1) is 0 Å². The van der Waals surface area contributed by atoms with Crippen molar-refractivity contribution in [2.45, 2.75) is 19.8 Å². The maximum atomic E-state index is 12.3. The molecule has 106 valence electrons. The minimum absolute atomic E-state index is 0.0246. The van der Waals surface area contributed by atoms with Gasteiger partial charge in [0.1, 0.15) is 11.8 Å². The zero-order chi connectivity index (χ0) is 14.4. The number of carbonyl (C=O) groups is 1. The number of nitrogens with zero attached hydrogens (tertiary/aromatic N) is 1. The number of hydrogen-bond donors (Lipinski definition) is 2. The van der Waals surface area contributed by atoms with Gasteiger partial charge in [0.2, 0.25) is 5.91 Å². The van der Waals surface area contributed by atoms with Gasteiger partial charge in [-0.3, -0.25) is 4.79 Å². The van der Waals surface area contributed by atoms with E-state index in [4.69, 9.17) is 10.00 Å². The fraction of sp³-hybridized carbons (Fsp3) is 0.467. The maximum absolute atomic E-state index is 12.3. The lowest BCUT2D eigenvalue weighted by molar-refractivity contribution is -0.126. The van der Waals surface area contributed by atoms with Crippen LogP contribution in [-0.2, 0) is 4.79 Å². The number of hydrogen-bond acceptors (Lipinski definition) is 4. The fourth-order valence-electron chi connectivity index (χ4n) is 2.24. The van der Waals surface area contributed by atoms with Gasteiger partial charge in [0, 0.05) is 11.1 Å². The minimum Gasteiger partial charge on any atom is -0.479 e. The molecule has 2 rings (SSSR count). The molecular formula is C15H19N3O2. The van der Waals surface area contributed by atoms with Crippen LogP contribution in [0.5, 0.6) is 5.75 Å². The molecule has 1 aromatic rings. The number of piperidine rings is 1. The summed E-state index contributed by atoms with van der Waals surface area (Å²) in [6.45, 7) is 3.79. The Balaban J connectivity index is 1.95. The highest BCUT2D eigenvalue weighted by Gasteiger charge is 2.34. The second-order valence-corrected chi connectivity index (χ2v) is 5.24. The quantitative estimate of drug-likeness (QED) is 0.879. The summed E-state index contributed by atoms with van der Waals surface area (Å²) < 4.78 is 5.17. The first-order chi connectivity index (χ1) is 9.64. The van der Waals surface area contributed by atoms with Gasteiger partial charge < -0.3 is 15.4 Å². The van der Waals surface area contributed by atoms with E-state index in [0.717, 1.165) is 31.6 Å². The van der Waals surface area contributed by atoms with Gasteiger partial charge >= 0.3 is 0 Å². The monoisotopic (exact) mass is 273 g/mol. The smallest absolute Gasteiger partial charge is 0.230 e. The molecule has 5 heteroatoms. The first-order valence-electron chi connectivity index (χ1n) is 6.76. The highest BCUT2D eigenvalue weighted by molar-refractivity contribution is 5.95. The normalized spacial score (nSPS) is 17.0. The average Bonchev–Trinajstić information content (AvgIpc) is 2.47. The number of benzene rings is 1. The molecule has 0 aliphatic carbocycles. The van der Waals surface area contributed by atoms with Crippen LogP contribution in [0.4, 0.5) is 5.69 Å². The van der Waals surface area contributed by atoms with E-state index in [0.29, 0.717) is 5.75 Å². The number of nitriles is 1. The molecule has 1 aliphatic heterocycles. The predicted molar refractivity (Wildman–Crippen MR) is 76.4 cm³/mol. The van der Waals surface area contributed by atoms with Crippen molar-refractivity contribution in [1.29, 1.82) is 5.26 Å². The van der Waals surface area contributed by atoms with E-state index in [1.165, 1.54) is 0 Å². The Labute approximate surface area is 118 Å². The molecule has 1 saturated heterocycles. The van der Waals surface area contributed by atoms with Crippen molar-refractivity contribution < 1.29 is 9.53 Å². The Morgan fingerprint density at radius 2 is 2.05 bits per heavy atom. The molecule has 0 saturated carbocycles. The summed E-state index contributed by atoms with van der Waals surface area (Å²) in [5, 5.41) is 14.6. The van der Waals surface area contributed by atoms with Crippen LogP contribution in [0, 0.1) is 16.7 Å². The van der Waals surface area contributed by atoms with Crippen molar-refractivity contribution in [3.05, 3.63) is 24.3 Å². The van der Waals surface area contributed by atoms with Crippen LogP contribution < -0.4 is 15.4 Å². The van der Waals surface area contributed by atoms with E-state index < -0.39 is 0 Å². The maximum Gasteiger partial charge on any atom is 0.230 e. The topological polar surface area (TPSA) is 74.1 Å². The molecule has 0 unspecified atom stereocenters. The number of rotatable bonds is 4. The van der Waals surface area contributed by atoms with Crippen molar-refractivity contribution in [1.82, 2.24) is 5.32 Å². The first-order valence-corrected chi connectivity index (χ1v) is 6.76. The molecule has 5 nitrogen and oxygen atoms in total. The minimum atomic E-state index is -0.304.